The van der Waals surface area contributed by atoms with Gasteiger partial charge in [-0.25, -0.2) is 4.98 Å². The molecule has 0 radical (unpaired) electrons. The van der Waals surface area contributed by atoms with Crippen LogP contribution in [0.3, 0.4) is 0 Å². The van der Waals surface area contributed by atoms with Crippen LogP contribution in [0.1, 0.15) is 48.2 Å². The van der Waals surface area contributed by atoms with E-state index in [0.717, 1.165) is 18.4 Å². The first-order valence-electron chi connectivity index (χ1n) is 10.8. The van der Waals surface area contributed by atoms with Crippen LogP contribution in [0.4, 0.5) is 10.1 Å². The molecule has 32 heavy (non-hydrogen) atoms. The number of Topliss-reactive ketones (excluding diaryl/α,β-unsaturated/α-hetero) is 1. The Morgan fingerprint density at radius 2 is 2.03 bits per heavy atom. The summed E-state index contributed by atoms with van der Waals surface area (Å²) in [5, 5.41) is 15.4. The molecule has 166 valence electrons. The third kappa shape index (κ3) is 4.36. The fraction of sp³-hybridized carbons (Fsp3) is 0.435. The topological polar surface area (TPSA) is 115 Å². The molecule has 2 heterocycles. The van der Waals surface area contributed by atoms with E-state index in [-0.39, 0.29) is 17.5 Å². The molecule has 1 aromatic heterocycles. The van der Waals surface area contributed by atoms with Crippen LogP contribution >= 0.6 is 11.3 Å². The third-order valence-electron chi connectivity index (χ3n) is 6.06. The van der Waals surface area contributed by atoms with E-state index in [1.54, 1.807) is 0 Å². The third-order valence-corrected chi connectivity index (χ3v) is 7.06. The Morgan fingerprint density at radius 1 is 1.28 bits per heavy atom. The summed E-state index contributed by atoms with van der Waals surface area (Å²) in [6.45, 7) is 0.665. The number of rotatable bonds is 8. The number of nitrogens with one attached hydrogen (secondary N) is 2. The zero-order valence-electron chi connectivity index (χ0n) is 17.9. The predicted molar refractivity (Wildman–Crippen MR) is 122 cm³/mol. The molecule has 1 aliphatic heterocycles. The van der Waals surface area contributed by atoms with E-state index in [4.69, 9.17) is 0 Å². The summed E-state index contributed by atoms with van der Waals surface area (Å²) in [5.41, 5.74) is 0.225. The molecule has 4 rings (SSSR count). The minimum atomic E-state index is -1.01. The molecular formula is C23H25N5O3S. The molecule has 0 bridgehead atoms. The summed E-state index contributed by atoms with van der Waals surface area (Å²) in [6.07, 6.45) is 3.74. The van der Waals surface area contributed by atoms with Crippen molar-refractivity contribution in [1.29, 1.82) is 5.26 Å². The first-order chi connectivity index (χ1) is 15.5. The zero-order valence-corrected chi connectivity index (χ0v) is 18.7. The summed E-state index contributed by atoms with van der Waals surface area (Å²) in [7, 11) is 1.50. The molecule has 1 aliphatic carbocycles. The van der Waals surface area contributed by atoms with Crippen LogP contribution in [0.15, 0.2) is 30.3 Å². The van der Waals surface area contributed by atoms with Gasteiger partial charge >= 0.3 is 0 Å². The summed E-state index contributed by atoms with van der Waals surface area (Å²) in [6, 6.07) is 11.7. The van der Waals surface area contributed by atoms with Gasteiger partial charge in [0.1, 0.15) is 10.4 Å². The van der Waals surface area contributed by atoms with E-state index in [1.165, 1.54) is 18.4 Å². The van der Waals surface area contributed by atoms with Gasteiger partial charge in [-0.1, -0.05) is 41.7 Å². The van der Waals surface area contributed by atoms with Crippen molar-refractivity contribution in [2.45, 2.75) is 44.6 Å². The molecule has 9 heteroatoms. The van der Waals surface area contributed by atoms with E-state index in [9.17, 15) is 19.6 Å². The van der Waals surface area contributed by atoms with Gasteiger partial charge < -0.3 is 15.5 Å². The van der Waals surface area contributed by atoms with Crippen LogP contribution in [-0.4, -0.2) is 42.2 Å². The van der Waals surface area contributed by atoms with Crippen molar-refractivity contribution in [3.05, 3.63) is 41.6 Å². The van der Waals surface area contributed by atoms with Gasteiger partial charge in [-0.2, -0.15) is 5.26 Å². The second-order valence-electron chi connectivity index (χ2n) is 8.20. The number of amides is 2. The highest BCUT2D eigenvalue weighted by molar-refractivity contribution is 7.20. The summed E-state index contributed by atoms with van der Waals surface area (Å²) in [4.78, 5) is 44.4. The lowest BCUT2D eigenvalue weighted by Crippen LogP contribution is -2.36. The Bertz CT molecular complexity index is 1070. The van der Waals surface area contributed by atoms with Gasteiger partial charge in [0.25, 0.3) is 5.91 Å². The van der Waals surface area contributed by atoms with Crippen molar-refractivity contribution >= 4 is 39.1 Å². The molecule has 2 fully saturated rings. The lowest BCUT2D eigenvalue weighted by molar-refractivity contribution is -0.120. The number of aryl methyl sites for hydroxylation is 1. The lowest BCUT2D eigenvalue weighted by Gasteiger charge is -2.22. The first-order valence-corrected chi connectivity index (χ1v) is 11.6. The molecule has 0 unspecified atom stereocenters. The number of carbonyl (C=O) groups is 3. The average molecular weight is 452 g/mol. The van der Waals surface area contributed by atoms with Gasteiger partial charge in [-0.15, -0.1) is 0 Å². The largest absolute Gasteiger partial charge is 0.354 e. The number of hydrogen-bond acceptors (Lipinski definition) is 7. The molecule has 2 aliphatic rings. The molecule has 0 spiro atoms. The Balaban J connectivity index is 1.52. The van der Waals surface area contributed by atoms with E-state index in [2.05, 4.69) is 21.7 Å². The first kappa shape index (κ1) is 22.0. The Labute approximate surface area is 190 Å². The van der Waals surface area contributed by atoms with Crippen molar-refractivity contribution in [1.82, 2.24) is 10.3 Å². The van der Waals surface area contributed by atoms with E-state index in [0.29, 0.717) is 42.4 Å². The summed E-state index contributed by atoms with van der Waals surface area (Å²) in [5.74, 6) is -0.678. The number of aromatic nitrogens is 1. The highest BCUT2D eigenvalue weighted by atomic mass is 32.1. The Kier molecular flexibility index (Phi) is 6.24. The van der Waals surface area contributed by atoms with Crippen molar-refractivity contribution in [3.8, 4) is 6.07 Å². The number of thiazole rings is 1. The molecule has 1 saturated heterocycles. The normalized spacial score (nSPS) is 18.6. The van der Waals surface area contributed by atoms with Crippen molar-refractivity contribution in [2.24, 2.45) is 5.41 Å². The highest BCUT2D eigenvalue weighted by Crippen LogP contribution is 2.46. The fourth-order valence-corrected chi connectivity index (χ4v) is 4.97. The molecule has 1 saturated carbocycles. The fourth-order valence-electron chi connectivity index (χ4n) is 3.94. The van der Waals surface area contributed by atoms with Crippen molar-refractivity contribution in [3.63, 3.8) is 0 Å². The van der Waals surface area contributed by atoms with Gasteiger partial charge in [0.05, 0.1) is 12.1 Å². The summed E-state index contributed by atoms with van der Waals surface area (Å²) < 4.78 is 0. The molecule has 2 aromatic rings. The van der Waals surface area contributed by atoms with Crippen LogP contribution in [0.25, 0.3) is 0 Å². The van der Waals surface area contributed by atoms with Crippen LogP contribution in [-0.2, 0) is 16.0 Å². The molecule has 2 amide bonds. The van der Waals surface area contributed by atoms with Crippen molar-refractivity contribution < 1.29 is 14.4 Å². The second-order valence-corrected chi connectivity index (χ2v) is 9.18. The molecule has 2 N–H and O–H groups in total. The van der Waals surface area contributed by atoms with Crippen LogP contribution in [0, 0.1) is 16.7 Å². The number of hydrogen-bond donors (Lipinski definition) is 2. The van der Waals surface area contributed by atoms with Gasteiger partial charge in [-0.3, -0.25) is 14.4 Å². The quantitative estimate of drug-likeness (QED) is 0.638. The van der Waals surface area contributed by atoms with E-state index in [1.807, 2.05) is 35.2 Å². The molecule has 1 atom stereocenters. The standard InChI is InChI=1S/C23H25N5O3S/c1-25-19(30)18-20(27-21(31)23(14-24)11-12-23)32-22(26-18)28-13-5-8-16(28)17(29)10-9-15-6-3-2-4-7-15/h2-4,6-7,16H,5,8-13H2,1H3,(H,25,30)(H,27,31)/t16-/m1/s1. The second kappa shape index (κ2) is 9.09. The number of benzene rings is 1. The SMILES string of the molecule is CNC(=O)c1nc(N2CCC[C@@H]2C(=O)CCc2ccccc2)sc1NC(=O)C1(C#N)CC1. The minimum absolute atomic E-state index is 0.108. The van der Waals surface area contributed by atoms with Crippen molar-refractivity contribution in [2.75, 3.05) is 23.8 Å². The van der Waals surface area contributed by atoms with Crippen LogP contribution < -0.4 is 15.5 Å². The van der Waals surface area contributed by atoms with E-state index < -0.39 is 17.2 Å². The summed E-state index contributed by atoms with van der Waals surface area (Å²) >= 11 is 1.18. The number of anilines is 2. The maximum atomic E-state index is 13.0. The van der Waals surface area contributed by atoms with E-state index >= 15 is 0 Å². The van der Waals surface area contributed by atoms with Crippen LogP contribution in [0.2, 0.25) is 0 Å². The predicted octanol–water partition coefficient (Wildman–Crippen LogP) is 2.92. The number of nitrogens with zero attached hydrogens (tertiary/aromatic N) is 3. The van der Waals surface area contributed by atoms with Gasteiger partial charge in [0.15, 0.2) is 16.6 Å². The minimum Gasteiger partial charge on any atom is -0.354 e. The van der Waals surface area contributed by atoms with Gasteiger partial charge in [-0.05, 0) is 37.7 Å². The highest BCUT2D eigenvalue weighted by Gasteiger charge is 2.51. The monoisotopic (exact) mass is 451 g/mol. The average Bonchev–Trinajstić information content (AvgIpc) is 3.28. The zero-order chi connectivity index (χ0) is 22.7. The maximum absolute atomic E-state index is 13.0. The number of ketones is 1. The van der Waals surface area contributed by atoms with Gasteiger partial charge in [0.2, 0.25) is 5.91 Å². The number of carbonyl (C=O) groups excluding carboxylic acids is 3. The molecular weight excluding hydrogens is 426 g/mol. The van der Waals surface area contributed by atoms with Gasteiger partial charge in [0, 0.05) is 20.0 Å². The lowest BCUT2D eigenvalue weighted by atomic mass is 10.0. The smallest absolute Gasteiger partial charge is 0.272 e. The Hall–Kier alpha value is -3.25. The maximum Gasteiger partial charge on any atom is 0.272 e. The number of nitriles is 1. The van der Waals surface area contributed by atoms with Crippen LogP contribution in [0.5, 0.6) is 0 Å². The molecule has 1 aromatic carbocycles. The Morgan fingerprint density at radius 3 is 2.69 bits per heavy atom. The molecule has 8 nitrogen and oxygen atoms in total.